The molecule has 0 aliphatic rings. The third kappa shape index (κ3) is 4.94. The number of imidazole rings is 1. The number of hydrogen-bond donors (Lipinski definition) is 2. The highest BCUT2D eigenvalue weighted by Gasteiger charge is 2.26. The predicted molar refractivity (Wildman–Crippen MR) is 112 cm³/mol. The minimum Gasteiger partial charge on any atom is -0.496 e. The van der Waals surface area contributed by atoms with Crippen LogP contribution in [0.4, 0.5) is 0 Å². The van der Waals surface area contributed by atoms with Crippen molar-refractivity contribution in [2.45, 2.75) is 31.2 Å². The molecule has 0 bridgehead atoms. The van der Waals surface area contributed by atoms with Crippen molar-refractivity contribution in [2.75, 3.05) is 13.7 Å². The number of para-hydroxylation sites is 1. The van der Waals surface area contributed by atoms with Crippen LogP contribution in [-0.4, -0.2) is 42.7 Å². The molecular weight excluding hydrogens is 422 g/mol. The zero-order valence-electron chi connectivity index (χ0n) is 17.7. The van der Waals surface area contributed by atoms with Crippen LogP contribution < -0.4 is 14.8 Å². The van der Waals surface area contributed by atoms with Crippen LogP contribution in [-0.2, 0) is 21.9 Å². The quantitative estimate of drug-likeness (QED) is 0.510. The Morgan fingerprint density at radius 2 is 2.03 bits per heavy atom. The minimum absolute atomic E-state index is 0.00665. The Labute approximate surface area is 180 Å². The minimum atomic E-state index is -3.84. The summed E-state index contributed by atoms with van der Waals surface area (Å²) in [5.74, 6) is 1.07. The van der Waals surface area contributed by atoms with Crippen LogP contribution >= 0.6 is 0 Å². The highest BCUT2D eigenvalue weighted by atomic mass is 32.2. The molecule has 2 N–H and O–H groups in total. The normalized spacial score (nSPS) is 12.5. The molecule has 0 aliphatic carbocycles. The maximum atomic E-state index is 12.7. The monoisotopic (exact) mass is 447 g/mol. The van der Waals surface area contributed by atoms with Crippen molar-refractivity contribution in [3.05, 3.63) is 59.5 Å². The van der Waals surface area contributed by atoms with Gasteiger partial charge in [0.1, 0.15) is 28.2 Å². The van der Waals surface area contributed by atoms with E-state index in [2.05, 4.69) is 20.2 Å². The lowest BCUT2D eigenvalue weighted by atomic mass is 10.0. The molecule has 0 saturated carbocycles. The molecule has 11 heteroatoms. The van der Waals surface area contributed by atoms with Gasteiger partial charge in [-0.1, -0.05) is 23.4 Å². The second kappa shape index (κ2) is 9.31. The summed E-state index contributed by atoms with van der Waals surface area (Å²) in [6, 6.07) is 6.76. The van der Waals surface area contributed by atoms with Crippen molar-refractivity contribution in [2.24, 2.45) is 7.05 Å². The van der Waals surface area contributed by atoms with Crippen LogP contribution in [0, 0.1) is 13.8 Å². The van der Waals surface area contributed by atoms with Gasteiger partial charge in [-0.3, -0.25) is 4.79 Å². The number of benzene rings is 1. The number of methoxy groups -OCH3 is 1. The number of sulfonamides is 1. The smallest absolute Gasteiger partial charge is 0.245 e. The maximum absolute atomic E-state index is 12.7. The molecule has 0 saturated heterocycles. The van der Waals surface area contributed by atoms with Crippen LogP contribution in [0.5, 0.6) is 5.75 Å². The van der Waals surface area contributed by atoms with Crippen molar-refractivity contribution in [3.8, 4) is 5.75 Å². The van der Waals surface area contributed by atoms with Gasteiger partial charge in [0.2, 0.25) is 15.9 Å². The van der Waals surface area contributed by atoms with Gasteiger partial charge < -0.3 is 19.1 Å². The number of nitrogens with zero attached hydrogens (tertiary/aromatic N) is 3. The van der Waals surface area contributed by atoms with Crippen molar-refractivity contribution in [1.29, 1.82) is 0 Å². The van der Waals surface area contributed by atoms with Crippen LogP contribution in [0.1, 0.15) is 35.3 Å². The third-order valence-corrected chi connectivity index (χ3v) is 6.46. The first-order chi connectivity index (χ1) is 14.7. The highest BCUT2D eigenvalue weighted by molar-refractivity contribution is 7.89. The van der Waals surface area contributed by atoms with E-state index < -0.39 is 16.1 Å². The number of carbonyl (C=O) groups is 1. The van der Waals surface area contributed by atoms with Gasteiger partial charge in [0.15, 0.2) is 5.76 Å². The highest BCUT2D eigenvalue weighted by Crippen LogP contribution is 2.29. The summed E-state index contributed by atoms with van der Waals surface area (Å²) in [6.45, 7) is 2.98. The number of amides is 1. The van der Waals surface area contributed by atoms with Gasteiger partial charge in [-0.15, -0.1) is 0 Å². The van der Waals surface area contributed by atoms with E-state index in [4.69, 9.17) is 9.26 Å². The molecule has 0 spiro atoms. The van der Waals surface area contributed by atoms with E-state index in [-0.39, 0.29) is 35.2 Å². The second-order valence-electron chi connectivity index (χ2n) is 6.94. The summed E-state index contributed by atoms with van der Waals surface area (Å²) in [4.78, 5) is 17.0. The van der Waals surface area contributed by atoms with E-state index in [1.54, 1.807) is 37.1 Å². The van der Waals surface area contributed by atoms with Gasteiger partial charge >= 0.3 is 0 Å². The van der Waals surface area contributed by atoms with Crippen molar-refractivity contribution in [1.82, 2.24) is 24.7 Å². The van der Waals surface area contributed by atoms with Crippen LogP contribution in [0.3, 0.4) is 0 Å². The number of carbonyl (C=O) groups excluding carboxylic acids is 1. The Bertz CT molecular complexity index is 1150. The van der Waals surface area contributed by atoms with Gasteiger partial charge in [0.25, 0.3) is 0 Å². The first-order valence-electron chi connectivity index (χ1n) is 9.56. The van der Waals surface area contributed by atoms with Crippen molar-refractivity contribution < 1.29 is 22.5 Å². The van der Waals surface area contributed by atoms with E-state index >= 15 is 0 Å². The average Bonchev–Trinajstić information content (AvgIpc) is 3.31. The van der Waals surface area contributed by atoms with Crippen molar-refractivity contribution >= 4 is 15.9 Å². The second-order valence-corrected chi connectivity index (χ2v) is 8.64. The van der Waals surface area contributed by atoms with Gasteiger partial charge in [0, 0.05) is 38.0 Å². The number of rotatable bonds is 9. The number of aryl methyl sites for hydroxylation is 3. The summed E-state index contributed by atoms with van der Waals surface area (Å²) < 4.78 is 39.6. The molecule has 1 aromatic carbocycles. The molecular formula is C20H25N5O5S. The maximum Gasteiger partial charge on any atom is 0.245 e. The van der Waals surface area contributed by atoms with Gasteiger partial charge in [-0.2, -0.15) is 0 Å². The van der Waals surface area contributed by atoms with Gasteiger partial charge in [0.05, 0.1) is 7.11 Å². The predicted octanol–water partition coefficient (Wildman–Crippen LogP) is 1.61. The first kappa shape index (κ1) is 22.5. The molecule has 166 valence electrons. The fraction of sp³-hybridized carbons (Fsp3) is 0.350. The number of hydrogen-bond acceptors (Lipinski definition) is 7. The largest absolute Gasteiger partial charge is 0.496 e. The molecule has 0 radical (unpaired) electrons. The molecule has 2 aromatic heterocycles. The zero-order chi connectivity index (χ0) is 22.6. The Kier molecular flexibility index (Phi) is 6.76. The van der Waals surface area contributed by atoms with E-state index in [0.717, 1.165) is 5.56 Å². The lowest BCUT2D eigenvalue weighted by molar-refractivity contribution is -0.121. The molecule has 3 rings (SSSR count). The van der Waals surface area contributed by atoms with E-state index in [0.29, 0.717) is 11.6 Å². The topological polar surface area (TPSA) is 128 Å². The summed E-state index contributed by atoms with van der Waals surface area (Å²) in [6.07, 6.45) is 3.35. The Morgan fingerprint density at radius 1 is 1.29 bits per heavy atom. The summed E-state index contributed by atoms with van der Waals surface area (Å²) in [5.41, 5.74) is 1.00. The number of ether oxygens (including phenoxy) is 1. The van der Waals surface area contributed by atoms with E-state index in [1.807, 2.05) is 25.2 Å². The molecule has 3 aromatic rings. The number of nitrogens with one attached hydrogen (secondary N) is 2. The molecule has 1 atom stereocenters. The molecule has 1 amide bonds. The fourth-order valence-corrected chi connectivity index (χ4v) is 4.66. The molecule has 0 aliphatic heterocycles. The van der Waals surface area contributed by atoms with Crippen LogP contribution in [0.25, 0.3) is 0 Å². The SMILES string of the molecule is COc1ccccc1C(NC(=O)CCNS(=O)(=O)c1c(C)noc1C)c1nccn1C. The Morgan fingerprint density at radius 3 is 2.65 bits per heavy atom. The van der Waals surface area contributed by atoms with Crippen LogP contribution in [0.2, 0.25) is 0 Å². The van der Waals surface area contributed by atoms with Gasteiger partial charge in [-0.25, -0.2) is 18.1 Å². The van der Waals surface area contributed by atoms with Gasteiger partial charge in [-0.05, 0) is 19.9 Å². The summed E-state index contributed by atoms with van der Waals surface area (Å²) in [5, 5.41) is 6.58. The summed E-state index contributed by atoms with van der Waals surface area (Å²) >= 11 is 0. The van der Waals surface area contributed by atoms with E-state index in [9.17, 15) is 13.2 Å². The summed E-state index contributed by atoms with van der Waals surface area (Å²) in [7, 11) is -0.455. The van der Waals surface area contributed by atoms with Crippen LogP contribution in [0.15, 0.2) is 46.1 Å². The lowest BCUT2D eigenvalue weighted by Gasteiger charge is -2.21. The van der Waals surface area contributed by atoms with E-state index in [1.165, 1.54) is 6.92 Å². The van der Waals surface area contributed by atoms with Crippen molar-refractivity contribution in [3.63, 3.8) is 0 Å². The third-order valence-electron chi connectivity index (χ3n) is 4.75. The average molecular weight is 448 g/mol. The standard InChI is InChI=1S/C20H25N5O5S/c1-13-19(14(2)30-24-13)31(27,28)22-10-9-17(26)23-18(20-21-11-12-25(20)3)15-7-5-6-8-16(15)29-4/h5-8,11-12,18,22H,9-10H2,1-4H3,(H,23,26). The molecule has 31 heavy (non-hydrogen) atoms. The molecule has 10 nitrogen and oxygen atoms in total. The number of aromatic nitrogens is 3. The fourth-order valence-electron chi connectivity index (χ4n) is 3.30. The molecule has 0 fully saturated rings. The zero-order valence-corrected chi connectivity index (χ0v) is 18.6. The Balaban J connectivity index is 1.72. The molecule has 1 unspecified atom stereocenters. The Hall–Kier alpha value is -3.18. The first-order valence-corrected chi connectivity index (χ1v) is 11.0. The molecule has 2 heterocycles. The lowest BCUT2D eigenvalue weighted by Crippen LogP contribution is -2.34.